The van der Waals surface area contributed by atoms with Crippen LogP contribution in [0, 0.1) is 0 Å². The van der Waals surface area contributed by atoms with Gasteiger partial charge in [-0.2, -0.15) is 0 Å². The number of ketones is 1. The van der Waals surface area contributed by atoms with Crippen LogP contribution >= 0.6 is 0 Å². The summed E-state index contributed by atoms with van der Waals surface area (Å²) in [6.07, 6.45) is 6.16. The molecule has 86 valence electrons. The number of benzene rings is 1. The summed E-state index contributed by atoms with van der Waals surface area (Å²) in [6, 6.07) is 7.64. The zero-order valence-corrected chi connectivity index (χ0v) is 9.90. The van der Waals surface area contributed by atoms with Crippen molar-refractivity contribution < 1.29 is 9.53 Å². The molecule has 0 unspecified atom stereocenters. The third-order valence-corrected chi connectivity index (χ3v) is 2.35. The van der Waals surface area contributed by atoms with Gasteiger partial charge in [0.2, 0.25) is 0 Å². The highest BCUT2D eigenvalue weighted by atomic mass is 16.5. The highest BCUT2D eigenvalue weighted by Crippen LogP contribution is 2.12. The topological polar surface area (TPSA) is 26.3 Å². The quantitative estimate of drug-likeness (QED) is 0.683. The van der Waals surface area contributed by atoms with Gasteiger partial charge in [0.15, 0.2) is 5.78 Å². The molecule has 1 rings (SSSR count). The van der Waals surface area contributed by atoms with Gasteiger partial charge >= 0.3 is 0 Å². The van der Waals surface area contributed by atoms with Crippen molar-refractivity contribution in [2.75, 3.05) is 7.11 Å². The Balaban J connectivity index is 2.52. The van der Waals surface area contributed by atoms with Crippen LogP contribution in [0.2, 0.25) is 0 Å². The predicted octanol–water partition coefficient (Wildman–Crippen LogP) is 3.47. The first-order chi connectivity index (χ1) is 7.76. The fraction of sp³-hybridized carbons (Fsp3) is 0.357. The molecule has 0 spiro atoms. The molecule has 1 aromatic rings. The normalized spacial score (nSPS) is 10.6. The van der Waals surface area contributed by atoms with E-state index >= 15 is 0 Å². The fourth-order valence-corrected chi connectivity index (χ4v) is 1.34. The Labute approximate surface area is 96.9 Å². The van der Waals surface area contributed by atoms with Gasteiger partial charge in [-0.1, -0.05) is 31.6 Å². The average molecular weight is 218 g/mol. The Bertz CT molecular complexity index is 350. The van der Waals surface area contributed by atoms with Crippen LogP contribution < -0.4 is 4.74 Å². The maximum Gasteiger partial charge on any atom is 0.155 e. The van der Waals surface area contributed by atoms with Crippen LogP contribution in [-0.4, -0.2) is 12.9 Å². The van der Waals surface area contributed by atoms with Crippen molar-refractivity contribution in [1.82, 2.24) is 0 Å². The Morgan fingerprint density at radius 2 is 2.00 bits per heavy atom. The van der Waals surface area contributed by atoms with Gasteiger partial charge in [-0.15, -0.1) is 0 Å². The molecule has 2 nitrogen and oxygen atoms in total. The molecular formula is C14H18O2. The first-order valence-corrected chi connectivity index (χ1v) is 5.61. The van der Waals surface area contributed by atoms with E-state index in [-0.39, 0.29) is 5.78 Å². The standard InChI is InChI=1S/C14H18O2/c1-3-4-5-13(15)9-6-12-7-10-14(16-2)11-8-12/h6-11H,3-5H2,1-2H3/b9-6+. The van der Waals surface area contributed by atoms with Gasteiger partial charge < -0.3 is 4.74 Å². The van der Waals surface area contributed by atoms with Crippen molar-refractivity contribution in [2.24, 2.45) is 0 Å². The number of rotatable bonds is 6. The molecule has 2 heteroatoms. The van der Waals surface area contributed by atoms with Gasteiger partial charge in [0.1, 0.15) is 5.75 Å². The first kappa shape index (κ1) is 12.5. The summed E-state index contributed by atoms with van der Waals surface area (Å²) in [5.41, 5.74) is 1.02. The number of hydrogen-bond donors (Lipinski definition) is 0. The lowest BCUT2D eigenvalue weighted by Gasteiger charge is -1.98. The van der Waals surface area contributed by atoms with Gasteiger partial charge in [0, 0.05) is 6.42 Å². The van der Waals surface area contributed by atoms with E-state index in [4.69, 9.17) is 4.74 Å². The third-order valence-electron chi connectivity index (χ3n) is 2.35. The van der Waals surface area contributed by atoms with Crippen LogP contribution in [0.5, 0.6) is 5.75 Å². The van der Waals surface area contributed by atoms with Crippen molar-refractivity contribution in [3.05, 3.63) is 35.9 Å². The number of hydrogen-bond acceptors (Lipinski definition) is 2. The van der Waals surface area contributed by atoms with Gasteiger partial charge in [-0.3, -0.25) is 4.79 Å². The maximum absolute atomic E-state index is 11.4. The van der Waals surface area contributed by atoms with E-state index in [1.54, 1.807) is 13.2 Å². The van der Waals surface area contributed by atoms with E-state index in [0.29, 0.717) is 6.42 Å². The summed E-state index contributed by atoms with van der Waals surface area (Å²) in [4.78, 5) is 11.4. The van der Waals surface area contributed by atoms with Crippen LogP contribution in [0.1, 0.15) is 31.7 Å². The van der Waals surface area contributed by atoms with Crippen molar-refractivity contribution in [1.29, 1.82) is 0 Å². The molecule has 0 fully saturated rings. The molecule has 0 N–H and O–H groups in total. The van der Waals surface area contributed by atoms with Gasteiger partial charge in [-0.05, 0) is 30.2 Å². The third kappa shape index (κ3) is 4.30. The molecule has 1 aromatic carbocycles. The molecule has 0 aliphatic rings. The van der Waals surface area contributed by atoms with Gasteiger partial charge in [-0.25, -0.2) is 0 Å². The van der Waals surface area contributed by atoms with Crippen molar-refractivity contribution in [2.45, 2.75) is 26.2 Å². The van der Waals surface area contributed by atoms with Crippen LogP contribution in [-0.2, 0) is 4.79 Å². The summed E-state index contributed by atoms with van der Waals surface area (Å²) in [6.45, 7) is 2.08. The number of allylic oxidation sites excluding steroid dienone is 1. The van der Waals surface area contributed by atoms with Crippen LogP contribution in [0.15, 0.2) is 30.3 Å². The lowest BCUT2D eigenvalue weighted by Crippen LogP contribution is -1.91. The summed E-state index contributed by atoms with van der Waals surface area (Å²) in [7, 11) is 1.64. The molecule has 0 radical (unpaired) electrons. The maximum atomic E-state index is 11.4. The molecule has 0 amide bonds. The number of methoxy groups -OCH3 is 1. The SMILES string of the molecule is CCCCC(=O)/C=C/c1ccc(OC)cc1. The molecule has 0 saturated carbocycles. The number of carbonyl (C=O) groups is 1. The lowest BCUT2D eigenvalue weighted by molar-refractivity contribution is -0.114. The minimum absolute atomic E-state index is 0.192. The van der Waals surface area contributed by atoms with E-state index in [1.165, 1.54) is 0 Å². The van der Waals surface area contributed by atoms with Gasteiger partial charge in [0.05, 0.1) is 7.11 Å². The Hall–Kier alpha value is -1.57. The zero-order chi connectivity index (χ0) is 11.8. The molecule has 0 atom stereocenters. The number of carbonyl (C=O) groups excluding carboxylic acids is 1. The molecular weight excluding hydrogens is 200 g/mol. The molecule has 0 aliphatic heterocycles. The Morgan fingerprint density at radius 3 is 2.56 bits per heavy atom. The minimum atomic E-state index is 0.192. The molecule has 16 heavy (non-hydrogen) atoms. The monoisotopic (exact) mass is 218 g/mol. The van der Waals surface area contributed by atoms with Crippen molar-refractivity contribution >= 4 is 11.9 Å². The zero-order valence-electron chi connectivity index (χ0n) is 9.90. The highest BCUT2D eigenvalue weighted by molar-refractivity contribution is 5.93. The highest BCUT2D eigenvalue weighted by Gasteiger charge is 1.95. The van der Waals surface area contributed by atoms with E-state index in [0.717, 1.165) is 24.2 Å². The van der Waals surface area contributed by atoms with E-state index < -0.39 is 0 Å². The Morgan fingerprint density at radius 1 is 1.31 bits per heavy atom. The average Bonchev–Trinajstić information content (AvgIpc) is 2.34. The van der Waals surface area contributed by atoms with Crippen LogP contribution in [0.4, 0.5) is 0 Å². The smallest absolute Gasteiger partial charge is 0.155 e. The van der Waals surface area contributed by atoms with Crippen molar-refractivity contribution in [3.63, 3.8) is 0 Å². The van der Waals surface area contributed by atoms with Crippen LogP contribution in [0.3, 0.4) is 0 Å². The largest absolute Gasteiger partial charge is 0.497 e. The summed E-state index contributed by atoms with van der Waals surface area (Å²) in [5, 5.41) is 0. The first-order valence-electron chi connectivity index (χ1n) is 5.61. The summed E-state index contributed by atoms with van der Waals surface area (Å²) >= 11 is 0. The second kappa shape index (κ2) is 6.83. The van der Waals surface area contributed by atoms with Crippen molar-refractivity contribution in [3.8, 4) is 5.75 Å². The fourth-order valence-electron chi connectivity index (χ4n) is 1.34. The molecule has 0 saturated heterocycles. The second-order valence-corrected chi connectivity index (χ2v) is 3.68. The summed E-state index contributed by atoms with van der Waals surface area (Å²) < 4.78 is 5.06. The minimum Gasteiger partial charge on any atom is -0.497 e. The van der Waals surface area contributed by atoms with E-state index in [9.17, 15) is 4.79 Å². The van der Waals surface area contributed by atoms with E-state index in [2.05, 4.69) is 6.92 Å². The van der Waals surface area contributed by atoms with E-state index in [1.807, 2.05) is 30.3 Å². The predicted molar refractivity (Wildman–Crippen MR) is 66.6 cm³/mol. The van der Waals surface area contributed by atoms with Gasteiger partial charge in [0.25, 0.3) is 0 Å². The summed E-state index contributed by atoms with van der Waals surface area (Å²) in [5.74, 6) is 1.02. The molecule has 0 aliphatic carbocycles. The molecule has 0 bridgehead atoms. The number of unbranched alkanes of at least 4 members (excludes halogenated alkanes) is 1. The lowest BCUT2D eigenvalue weighted by atomic mass is 10.1. The molecule has 0 aromatic heterocycles. The second-order valence-electron chi connectivity index (χ2n) is 3.68. The Kier molecular flexibility index (Phi) is 5.34. The molecule has 0 heterocycles. The number of ether oxygens (including phenoxy) is 1. The van der Waals surface area contributed by atoms with Crippen LogP contribution in [0.25, 0.3) is 6.08 Å².